The molecule has 3 unspecified atom stereocenters. The number of hydrogen-bond acceptors (Lipinski definition) is 3. The Bertz CT molecular complexity index is 148. The van der Waals surface area contributed by atoms with Crippen LogP contribution in [0.5, 0.6) is 0 Å². The van der Waals surface area contributed by atoms with Crippen molar-refractivity contribution in [1.82, 2.24) is 5.32 Å². The maximum atomic E-state index is 8.95. The molecule has 1 rings (SSSR count). The molecule has 0 saturated heterocycles. The van der Waals surface area contributed by atoms with Gasteiger partial charge in [-0.25, -0.2) is 0 Å². The first kappa shape index (κ1) is 12.3. The Labute approximate surface area is 91.9 Å². The van der Waals surface area contributed by atoms with Gasteiger partial charge in [-0.3, -0.25) is 0 Å². The molecule has 2 nitrogen and oxygen atoms in total. The molecule has 1 fully saturated rings. The molecule has 0 aromatic rings. The van der Waals surface area contributed by atoms with Gasteiger partial charge >= 0.3 is 0 Å². The third-order valence-corrected chi connectivity index (χ3v) is 3.89. The Kier molecular flexibility index (Phi) is 5.90. The average molecular weight is 217 g/mol. The van der Waals surface area contributed by atoms with Crippen LogP contribution in [0.25, 0.3) is 0 Å². The lowest BCUT2D eigenvalue weighted by Gasteiger charge is -2.24. The monoisotopic (exact) mass is 217 g/mol. The fraction of sp³-hybridized carbons (Fsp3) is 1.00. The third-order valence-electron chi connectivity index (χ3n) is 3.16. The topological polar surface area (TPSA) is 32.3 Å². The van der Waals surface area contributed by atoms with E-state index in [1.165, 1.54) is 19.3 Å². The molecule has 3 atom stereocenters. The minimum atomic E-state index is 0.305. The highest BCUT2D eigenvalue weighted by Gasteiger charge is 2.24. The summed E-state index contributed by atoms with van der Waals surface area (Å²) in [6.07, 6.45) is 7.07. The van der Waals surface area contributed by atoms with Crippen LogP contribution in [0.4, 0.5) is 0 Å². The largest absolute Gasteiger partial charge is 0.396 e. The van der Waals surface area contributed by atoms with E-state index in [1.807, 2.05) is 11.8 Å². The van der Waals surface area contributed by atoms with Crippen LogP contribution >= 0.6 is 11.8 Å². The predicted octanol–water partition coefficient (Wildman–Crippen LogP) is 1.88. The molecule has 2 N–H and O–H groups in total. The van der Waals surface area contributed by atoms with E-state index in [1.54, 1.807) is 0 Å². The summed E-state index contributed by atoms with van der Waals surface area (Å²) in [5.74, 6) is 1.93. The van der Waals surface area contributed by atoms with E-state index in [9.17, 15) is 0 Å². The SMILES string of the molecule is CSCC(CCO)NC1CCCC1C. The van der Waals surface area contributed by atoms with Gasteiger partial charge in [-0.1, -0.05) is 13.3 Å². The maximum Gasteiger partial charge on any atom is 0.0446 e. The van der Waals surface area contributed by atoms with Crippen molar-refractivity contribution in [3.05, 3.63) is 0 Å². The fourth-order valence-corrected chi connectivity index (χ4v) is 2.93. The van der Waals surface area contributed by atoms with Gasteiger partial charge in [-0.2, -0.15) is 11.8 Å². The Morgan fingerprint density at radius 2 is 2.29 bits per heavy atom. The summed E-state index contributed by atoms with van der Waals surface area (Å²) >= 11 is 1.86. The molecule has 0 amide bonds. The second kappa shape index (κ2) is 6.70. The van der Waals surface area contributed by atoms with E-state index in [0.29, 0.717) is 18.7 Å². The summed E-state index contributed by atoms with van der Waals surface area (Å²) in [5, 5.41) is 12.6. The standard InChI is InChI=1S/C11H23NOS/c1-9-4-3-5-11(9)12-10(6-7-13)8-14-2/h9-13H,3-8H2,1-2H3. The van der Waals surface area contributed by atoms with Crippen LogP contribution in [0.15, 0.2) is 0 Å². The van der Waals surface area contributed by atoms with Crippen LogP contribution in [0, 0.1) is 5.92 Å². The number of thioether (sulfide) groups is 1. The number of aliphatic hydroxyl groups excluding tert-OH is 1. The zero-order chi connectivity index (χ0) is 10.4. The first-order chi connectivity index (χ1) is 6.77. The van der Waals surface area contributed by atoms with Crippen molar-refractivity contribution in [3.8, 4) is 0 Å². The van der Waals surface area contributed by atoms with E-state index in [2.05, 4.69) is 18.5 Å². The van der Waals surface area contributed by atoms with E-state index in [4.69, 9.17) is 5.11 Å². The van der Waals surface area contributed by atoms with Gasteiger partial charge < -0.3 is 10.4 Å². The molecule has 0 bridgehead atoms. The Balaban J connectivity index is 2.29. The van der Waals surface area contributed by atoms with E-state index < -0.39 is 0 Å². The summed E-state index contributed by atoms with van der Waals surface area (Å²) in [5.41, 5.74) is 0. The second-order valence-electron chi connectivity index (χ2n) is 4.35. The molecule has 0 spiro atoms. The Hall–Kier alpha value is 0.270. The summed E-state index contributed by atoms with van der Waals surface area (Å²) in [7, 11) is 0. The maximum absolute atomic E-state index is 8.95. The highest BCUT2D eigenvalue weighted by Crippen LogP contribution is 2.25. The smallest absolute Gasteiger partial charge is 0.0446 e. The van der Waals surface area contributed by atoms with Crippen LogP contribution < -0.4 is 5.32 Å². The van der Waals surface area contributed by atoms with Crippen molar-refractivity contribution in [2.45, 2.75) is 44.7 Å². The number of aliphatic hydroxyl groups is 1. The van der Waals surface area contributed by atoms with Crippen LogP contribution in [0.1, 0.15) is 32.6 Å². The first-order valence-electron chi connectivity index (χ1n) is 5.63. The van der Waals surface area contributed by atoms with Gasteiger partial charge in [-0.15, -0.1) is 0 Å². The van der Waals surface area contributed by atoms with Crippen molar-refractivity contribution in [1.29, 1.82) is 0 Å². The quantitative estimate of drug-likeness (QED) is 0.712. The van der Waals surface area contributed by atoms with E-state index >= 15 is 0 Å². The van der Waals surface area contributed by atoms with Gasteiger partial charge in [0, 0.05) is 24.4 Å². The summed E-state index contributed by atoms with van der Waals surface area (Å²) in [6.45, 7) is 2.64. The first-order valence-corrected chi connectivity index (χ1v) is 7.03. The van der Waals surface area contributed by atoms with Crippen LogP contribution in [0.3, 0.4) is 0 Å². The molecule has 1 aliphatic carbocycles. The van der Waals surface area contributed by atoms with Gasteiger partial charge in [0.2, 0.25) is 0 Å². The molecule has 0 aliphatic heterocycles. The number of rotatable bonds is 6. The molecule has 0 aromatic carbocycles. The minimum Gasteiger partial charge on any atom is -0.396 e. The normalized spacial score (nSPS) is 29.4. The van der Waals surface area contributed by atoms with Crippen molar-refractivity contribution in [2.75, 3.05) is 18.6 Å². The van der Waals surface area contributed by atoms with Crippen molar-refractivity contribution in [3.63, 3.8) is 0 Å². The van der Waals surface area contributed by atoms with Crippen LogP contribution in [-0.2, 0) is 0 Å². The molecule has 14 heavy (non-hydrogen) atoms. The zero-order valence-electron chi connectivity index (χ0n) is 9.33. The molecular formula is C11H23NOS. The van der Waals surface area contributed by atoms with Gasteiger partial charge in [0.15, 0.2) is 0 Å². The molecule has 0 heterocycles. The number of hydrogen-bond donors (Lipinski definition) is 2. The lowest BCUT2D eigenvalue weighted by atomic mass is 10.1. The number of nitrogens with one attached hydrogen (secondary N) is 1. The molecule has 3 heteroatoms. The Morgan fingerprint density at radius 1 is 1.50 bits per heavy atom. The highest BCUT2D eigenvalue weighted by atomic mass is 32.2. The van der Waals surface area contributed by atoms with Crippen LogP contribution in [0.2, 0.25) is 0 Å². The van der Waals surface area contributed by atoms with Crippen molar-refractivity contribution >= 4 is 11.8 Å². The van der Waals surface area contributed by atoms with Crippen molar-refractivity contribution in [2.24, 2.45) is 5.92 Å². The predicted molar refractivity (Wildman–Crippen MR) is 63.8 cm³/mol. The lowest BCUT2D eigenvalue weighted by molar-refractivity contribution is 0.259. The van der Waals surface area contributed by atoms with Crippen LogP contribution in [-0.4, -0.2) is 35.8 Å². The second-order valence-corrected chi connectivity index (χ2v) is 5.26. The zero-order valence-corrected chi connectivity index (χ0v) is 10.1. The molecule has 84 valence electrons. The lowest BCUT2D eigenvalue weighted by Crippen LogP contribution is -2.41. The average Bonchev–Trinajstić information content (AvgIpc) is 2.53. The summed E-state index contributed by atoms with van der Waals surface area (Å²) in [4.78, 5) is 0. The minimum absolute atomic E-state index is 0.305. The fourth-order valence-electron chi connectivity index (χ4n) is 2.27. The van der Waals surface area contributed by atoms with E-state index in [0.717, 1.165) is 18.1 Å². The van der Waals surface area contributed by atoms with Gasteiger partial charge in [0.1, 0.15) is 0 Å². The summed E-state index contributed by atoms with van der Waals surface area (Å²) < 4.78 is 0. The van der Waals surface area contributed by atoms with Gasteiger partial charge in [0.25, 0.3) is 0 Å². The molecular weight excluding hydrogens is 194 g/mol. The molecule has 1 aliphatic rings. The highest BCUT2D eigenvalue weighted by molar-refractivity contribution is 7.98. The molecule has 1 saturated carbocycles. The van der Waals surface area contributed by atoms with Gasteiger partial charge in [0.05, 0.1) is 0 Å². The van der Waals surface area contributed by atoms with Crippen molar-refractivity contribution < 1.29 is 5.11 Å². The van der Waals surface area contributed by atoms with Gasteiger partial charge in [-0.05, 0) is 31.4 Å². The third kappa shape index (κ3) is 3.79. The molecule has 0 radical (unpaired) electrons. The summed E-state index contributed by atoms with van der Waals surface area (Å²) in [6, 6.07) is 1.19. The molecule has 0 aromatic heterocycles. The Morgan fingerprint density at radius 3 is 2.79 bits per heavy atom. The van der Waals surface area contributed by atoms with E-state index in [-0.39, 0.29) is 0 Å².